The van der Waals surface area contributed by atoms with Gasteiger partial charge in [-0.05, 0) is 42.8 Å². The van der Waals surface area contributed by atoms with Crippen molar-refractivity contribution < 1.29 is 13.9 Å². The Balaban J connectivity index is 2.01. The zero-order chi connectivity index (χ0) is 17.1. The molecular weight excluding hydrogens is 325 g/mol. The number of esters is 1. The van der Waals surface area contributed by atoms with Gasteiger partial charge >= 0.3 is 5.97 Å². The topological polar surface area (TPSA) is 39.2 Å². The Labute approximate surface area is 143 Å². The maximum Gasteiger partial charge on any atom is 0.340 e. The van der Waals surface area contributed by atoms with Crippen molar-refractivity contribution in [1.29, 1.82) is 0 Å². The van der Waals surface area contributed by atoms with Crippen molar-refractivity contribution in [3.8, 4) is 0 Å². The number of aromatic nitrogens is 1. The molecule has 0 aliphatic heterocycles. The van der Waals surface area contributed by atoms with Gasteiger partial charge in [-0.1, -0.05) is 18.2 Å². The van der Waals surface area contributed by atoms with E-state index in [1.807, 2.05) is 31.2 Å². The molecule has 5 heteroatoms. The monoisotopic (exact) mass is 341 g/mol. The van der Waals surface area contributed by atoms with E-state index in [4.69, 9.17) is 4.74 Å². The molecule has 1 aromatic heterocycles. The number of nitrogens with zero attached hydrogens (tertiary/aromatic N) is 1. The van der Waals surface area contributed by atoms with E-state index in [2.05, 4.69) is 4.98 Å². The van der Waals surface area contributed by atoms with Gasteiger partial charge in [0, 0.05) is 16.0 Å². The van der Waals surface area contributed by atoms with Gasteiger partial charge in [-0.2, -0.15) is 0 Å². The number of ether oxygens (including phenoxy) is 1. The number of thioether (sulfide) groups is 1. The van der Waals surface area contributed by atoms with Crippen LogP contribution < -0.4 is 0 Å². The highest BCUT2D eigenvalue weighted by Crippen LogP contribution is 2.29. The van der Waals surface area contributed by atoms with Crippen molar-refractivity contribution in [2.45, 2.75) is 17.6 Å². The number of hydrogen-bond donors (Lipinski definition) is 0. The fourth-order valence-corrected chi connectivity index (χ4v) is 3.44. The van der Waals surface area contributed by atoms with Gasteiger partial charge in [0.25, 0.3) is 0 Å². The van der Waals surface area contributed by atoms with Gasteiger partial charge in [0.2, 0.25) is 0 Å². The van der Waals surface area contributed by atoms with Crippen molar-refractivity contribution in [2.75, 3.05) is 7.11 Å². The third-order valence-electron chi connectivity index (χ3n) is 3.81. The van der Waals surface area contributed by atoms with Crippen LogP contribution in [-0.4, -0.2) is 18.1 Å². The summed E-state index contributed by atoms with van der Waals surface area (Å²) < 4.78 is 17.9. The summed E-state index contributed by atoms with van der Waals surface area (Å²) in [5.41, 5.74) is 2.89. The number of rotatable bonds is 4. The summed E-state index contributed by atoms with van der Waals surface area (Å²) in [5.74, 6) is -0.156. The molecule has 24 heavy (non-hydrogen) atoms. The van der Waals surface area contributed by atoms with Gasteiger partial charge in [0.1, 0.15) is 5.82 Å². The number of hydrogen-bond acceptors (Lipinski definition) is 4. The number of aryl methyl sites for hydroxylation is 1. The van der Waals surface area contributed by atoms with E-state index in [-0.39, 0.29) is 11.8 Å². The summed E-state index contributed by atoms with van der Waals surface area (Å²) in [6, 6.07) is 14.0. The van der Waals surface area contributed by atoms with E-state index in [1.165, 1.54) is 31.0 Å². The molecule has 0 N–H and O–H groups in total. The Morgan fingerprint density at radius 2 is 1.88 bits per heavy atom. The third kappa shape index (κ3) is 3.26. The molecule has 0 aliphatic rings. The Kier molecular flexibility index (Phi) is 4.81. The number of carbonyl (C=O) groups excluding carboxylic acids is 1. The molecule has 0 aliphatic carbocycles. The standard InChI is InChI=1S/C19H16FNO2S/c1-12-15-5-3-4-6-16(15)21-17(18(12)19(22)23-2)11-24-14-9-7-13(20)8-10-14/h3-10H,11H2,1-2H3. The maximum atomic E-state index is 13.0. The molecule has 0 fully saturated rings. The summed E-state index contributed by atoms with van der Waals surface area (Å²) in [4.78, 5) is 17.8. The van der Waals surface area contributed by atoms with Crippen molar-refractivity contribution in [2.24, 2.45) is 0 Å². The fraction of sp³-hybridized carbons (Fsp3) is 0.158. The zero-order valence-electron chi connectivity index (χ0n) is 13.4. The minimum atomic E-state index is -0.388. The van der Waals surface area contributed by atoms with Crippen LogP contribution in [0.3, 0.4) is 0 Å². The summed E-state index contributed by atoms with van der Waals surface area (Å²) in [6.07, 6.45) is 0. The molecule has 3 rings (SSSR count). The first-order valence-corrected chi connectivity index (χ1v) is 8.43. The predicted molar refractivity (Wildman–Crippen MR) is 93.8 cm³/mol. The molecule has 0 saturated heterocycles. The average molecular weight is 341 g/mol. The van der Waals surface area contributed by atoms with Crippen LogP contribution in [0.2, 0.25) is 0 Å². The predicted octanol–water partition coefficient (Wildman–Crippen LogP) is 4.76. The van der Waals surface area contributed by atoms with Crippen LogP contribution in [-0.2, 0) is 10.5 Å². The second kappa shape index (κ2) is 7.01. The Hall–Kier alpha value is -2.40. The van der Waals surface area contributed by atoms with Gasteiger partial charge in [0.05, 0.1) is 23.9 Å². The van der Waals surface area contributed by atoms with E-state index >= 15 is 0 Å². The summed E-state index contributed by atoms with van der Waals surface area (Å²) in [7, 11) is 1.37. The minimum Gasteiger partial charge on any atom is -0.465 e. The largest absolute Gasteiger partial charge is 0.465 e. The highest BCUT2D eigenvalue weighted by Gasteiger charge is 2.19. The number of methoxy groups -OCH3 is 1. The van der Waals surface area contributed by atoms with Crippen LogP contribution in [0.25, 0.3) is 10.9 Å². The number of halogens is 1. The lowest BCUT2D eigenvalue weighted by atomic mass is 10.0. The van der Waals surface area contributed by atoms with Crippen LogP contribution in [0.5, 0.6) is 0 Å². The lowest BCUT2D eigenvalue weighted by Gasteiger charge is -2.13. The molecule has 0 amide bonds. The fourth-order valence-electron chi connectivity index (χ4n) is 2.60. The van der Waals surface area contributed by atoms with Crippen LogP contribution >= 0.6 is 11.8 Å². The summed E-state index contributed by atoms with van der Waals surface area (Å²) in [6.45, 7) is 1.91. The molecule has 0 bridgehead atoms. The molecule has 2 aromatic carbocycles. The SMILES string of the molecule is COC(=O)c1c(CSc2ccc(F)cc2)nc2ccccc2c1C. The van der Waals surface area contributed by atoms with Crippen LogP contribution in [0.15, 0.2) is 53.4 Å². The number of benzene rings is 2. The van der Waals surface area contributed by atoms with Gasteiger partial charge in [-0.25, -0.2) is 9.18 Å². The minimum absolute atomic E-state index is 0.269. The maximum absolute atomic E-state index is 13.0. The van der Waals surface area contributed by atoms with E-state index < -0.39 is 0 Å². The van der Waals surface area contributed by atoms with E-state index in [0.717, 1.165) is 21.4 Å². The Bertz CT molecular complexity index is 894. The van der Waals surface area contributed by atoms with Crippen molar-refractivity contribution in [1.82, 2.24) is 4.98 Å². The lowest BCUT2D eigenvalue weighted by molar-refractivity contribution is 0.0598. The second-order valence-electron chi connectivity index (χ2n) is 5.31. The van der Waals surface area contributed by atoms with E-state index in [1.54, 1.807) is 12.1 Å². The highest BCUT2D eigenvalue weighted by molar-refractivity contribution is 7.98. The number of pyridine rings is 1. The van der Waals surface area contributed by atoms with Crippen LogP contribution in [0.1, 0.15) is 21.6 Å². The first-order valence-electron chi connectivity index (χ1n) is 7.45. The molecule has 1 heterocycles. The van der Waals surface area contributed by atoms with Gasteiger partial charge in [-0.15, -0.1) is 11.8 Å². The second-order valence-corrected chi connectivity index (χ2v) is 6.36. The smallest absolute Gasteiger partial charge is 0.340 e. The number of para-hydroxylation sites is 1. The molecule has 0 radical (unpaired) electrons. The first-order chi connectivity index (χ1) is 11.6. The molecule has 0 saturated carbocycles. The molecule has 3 nitrogen and oxygen atoms in total. The van der Waals surface area contributed by atoms with E-state index in [9.17, 15) is 9.18 Å². The quantitative estimate of drug-likeness (QED) is 0.506. The molecule has 122 valence electrons. The van der Waals surface area contributed by atoms with Crippen molar-refractivity contribution in [3.63, 3.8) is 0 Å². The Morgan fingerprint density at radius 3 is 2.58 bits per heavy atom. The normalized spacial score (nSPS) is 10.8. The highest BCUT2D eigenvalue weighted by atomic mass is 32.2. The van der Waals surface area contributed by atoms with Crippen molar-refractivity contribution >= 4 is 28.6 Å². The molecule has 0 atom stereocenters. The van der Waals surface area contributed by atoms with Crippen molar-refractivity contribution in [3.05, 3.63) is 71.2 Å². The molecule has 0 unspecified atom stereocenters. The average Bonchev–Trinajstić information content (AvgIpc) is 2.61. The first kappa shape index (κ1) is 16.5. The van der Waals surface area contributed by atoms with Crippen LogP contribution in [0.4, 0.5) is 4.39 Å². The molecule has 3 aromatic rings. The zero-order valence-corrected chi connectivity index (χ0v) is 14.2. The number of carbonyl (C=O) groups is 1. The van der Waals surface area contributed by atoms with Gasteiger partial charge in [-0.3, -0.25) is 4.98 Å². The Morgan fingerprint density at radius 1 is 1.17 bits per heavy atom. The lowest BCUT2D eigenvalue weighted by Crippen LogP contribution is -2.10. The summed E-state index contributed by atoms with van der Waals surface area (Å²) in [5, 5.41) is 0.938. The van der Waals surface area contributed by atoms with Gasteiger partial charge in [0.15, 0.2) is 0 Å². The number of fused-ring (bicyclic) bond motifs is 1. The van der Waals surface area contributed by atoms with Crippen LogP contribution in [0, 0.1) is 12.7 Å². The third-order valence-corrected chi connectivity index (χ3v) is 4.83. The molecular formula is C19H16FNO2S. The van der Waals surface area contributed by atoms with Gasteiger partial charge < -0.3 is 4.74 Å². The summed E-state index contributed by atoms with van der Waals surface area (Å²) >= 11 is 1.50. The van der Waals surface area contributed by atoms with E-state index in [0.29, 0.717) is 17.0 Å². The molecule has 0 spiro atoms.